The summed E-state index contributed by atoms with van der Waals surface area (Å²) in [5.74, 6) is -0.196. The van der Waals surface area contributed by atoms with Gasteiger partial charge in [-0.15, -0.1) is 0 Å². The number of morpholine rings is 1. The van der Waals surface area contributed by atoms with Crippen LogP contribution in [0.25, 0.3) is 0 Å². The molecule has 1 saturated carbocycles. The lowest BCUT2D eigenvalue weighted by molar-refractivity contribution is -0.0361. The summed E-state index contributed by atoms with van der Waals surface area (Å²) in [7, 11) is -3.58. The summed E-state index contributed by atoms with van der Waals surface area (Å²) in [6.07, 6.45) is 8.61. The van der Waals surface area contributed by atoms with Crippen molar-refractivity contribution in [1.29, 1.82) is 0 Å². The van der Waals surface area contributed by atoms with Crippen molar-refractivity contribution in [1.82, 2.24) is 14.5 Å². The van der Waals surface area contributed by atoms with Gasteiger partial charge in [0, 0.05) is 43.8 Å². The number of carbonyl (C=O) groups is 1. The molecule has 3 aliphatic rings. The largest absolute Gasteiger partial charge is 0.379 e. The Morgan fingerprint density at radius 1 is 1.00 bits per heavy atom. The summed E-state index contributed by atoms with van der Waals surface area (Å²) in [5, 5.41) is 3.15. The molecule has 178 valence electrons. The first-order valence-corrected chi connectivity index (χ1v) is 13.6. The Balaban J connectivity index is 1.50. The lowest BCUT2D eigenvalue weighted by atomic mass is 9.79. The minimum absolute atomic E-state index is 0.0227. The second-order valence-electron chi connectivity index (χ2n) is 9.51. The van der Waals surface area contributed by atoms with E-state index in [-0.39, 0.29) is 16.3 Å². The van der Waals surface area contributed by atoms with Crippen LogP contribution in [-0.2, 0) is 14.8 Å². The van der Waals surface area contributed by atoms with Crippen LogP contribution in [0, 0.1) is 6.92 Å². The average Bonchev–Trinajstić information content (AvgIpc) is 2.84. The van der Waals surface area contributed by atoms with Gasteiger partial charge in [-0.3, -0.25) is 9.69 Å². The van der Waals surface area contributed by atoms with Crippen molar-refractivity contribution in [3.63, 3.8) is 0 Å². The average molecular weight is 464 g/mol. The third kappa shape index (κ3) is 5.03. The number of hydrogen-bond donors (Lipinski definition) is 1. The Morgan fingerprint density at radius 2 is 1.66 bits per heavy atom. The van der Waals surface area contributed by atoms with Crippen LogP contribution in [0.1, 0.15) is 67.3 Å². The fourth-order valence-electron chi connectivity index (χ4n) is 5.46. The Morgan fingerprint density at radius 3 is 2.34 bits per heavy atom. The van der Waals surface area contributed by atoms with E-state index in [0.717, 1.165) is 58.4 Å². The molecule has 1 aromatic rings. The molecule has 2 heterocycles. The molecule has 1 N–H and O–H groups in total. The molecule has 1 aliphatic carbocycles. The van der Waals surface area contributed by atoms with Crippen LogP contribution in [0.4, 0.5) is 0 Å². The van der Waals surface area contributed by atoms with Gasteiger partial charge in [0.1, 0.15) is 0 Å². The number of nitrogens with zero attached hydrogens (tertiary/aromatic N) is 2. The van der Waals surface area contributed by atoms with Crippen molar-refractivity contribution in [3.8, 4) is 0 Å². The molecule has 4 rings (SSSR count). The molecular weight excluding hydrogens is 426 g/mol. The number of aryl methyl sites for hydroxylation is 1. The lowest BCUT2D eigenvalue weighted by Crippen LogP contribution is -2.59. The molecule has 8 heteroatoms. The standard InChI is InChI=1S/C24H37N3O4S/c1-20-8-9-21(18-22(20)32(29,30)27-12-6-3-7-13-27)23(28)25-19-24(10-4-2-5-11-24)26-14-16-31-17-15-26/h8-9,18H,2-7,10-17,19H2,1H3,(H,25,28). The van der Waals surface area contributed by atoms with Crippen LogP contribution in [0.3, 0.4) is 0 Å². The fraction of sp³-hybridized carbons (Fsp3) is 0.708. The highest BCUT2D eigenvalue weighted by Crippen LogP contribution is 2.34. The summed E-state index contributed by atoms with van der Waals surface area (Å²) < 4.78 is 33.6. The van der Waals surface area contributed by atoms with Gasteiger partial charge in [0.05, 0.1) is 18.1 Å². The Kier molecular flexibility index (Phi) is 7.54. The molecular formula is C24H37N3O4S. The molecule has 3 fully saturated rings. The van der Waals surface area contributed by atoms with Crippen molar-refractivity contribution in [2.75, 3.05) is 45.9 Å². The van der Waals surface area contributed by atoms with Gasteiger partial charge in [-0.25, -0.2) is 8.42 Å². The van der Waals surface area contributed by atoms with Gasteiger partial charge >= 0.3 is 0 Å². The molecule has 0 spiro atoms. The number of rotatable bonds is 6. The number of hydrogen-bond acceptors (Lipinski definition) is 5. The van der Waals surface area contributed by atoms with Gasteiger partial charge in [0.15, 0.2) is 0 Å². The number of benzene rings is 1. The SMILES string of the molecule is Cc1ccc(C(=O)NCC2(N3CCOCC3)CCCCC2)cc1S(=O)(=O)N1CCCCC1. The van der Waals surface area contributed by atoms with Crippen LogP contribution < -0.4 is 5.32 Å². The quantitative estimate of drug-likeness (QED) is 0.702. The van der Waals surface area contributed by atoms with E-state index in [9.17, 15) is 13.2 Å². The summed E-state index contributed by atoms with van der Waals surface area (Å²) >= 11 is 0. The summed E-state index contributed by atoms with van der Waals surface area (Å²) in [6.45, 7) is 6.79. The number of ether oxygens (including phenoxy) is 1. The molecule has 0 aromatic heterocycles. The van der Waals surface area contributed by atoms with Crippen LogP contribution in [-0.4, -0.2) is 75.0 Å². The van der Waals surface area contributed by atoms with Crippen molar-refractivity contribution < 1.29 is 17.9 Å². The van der Waals surface area contributed by atoms with Crippen LogP contribution >= 0.6 is 0 Å². The van der Waals surface area contributed by atoms with Crippen molar-refractivity contribution in [3.05, 3.63) is 29.3 Å². The van der Waals surface area contributed by atoms with E-state index in [1.54, 1.807) is 29.4 Å². The third-order valence-electron chi connectivity index (χ3n) is 7.43. The normalized spacial score (nSPS) is 23.0. The molecule has 2 aliphatic heterocycles. The smallest absolute Gasteiger partial charge is 0.251 e. The maximum Gasteiger partial charge on any atom is 0.251 e. The van der Waals surface area contributed by atoms with E-state index in [2.05, 4.69) is 10.2 Å². The first kappa shape index (κ1) is 23.7. The zero-order valence-corrected chi connectivity index (χ0v) is 20.1. The van der Waals surface area contributed by atoms with Crippen LogP contribution in [0.5, 0.6) is 0 Å². The highest BCUT2D eigenvalue weighted by atomic mass is 32.2. The molecule has 1 amide bonds. The van der Waals surface area contributed by atoms with Crippen LogP contribution in [0.15, 0.2) is 23.1 Å². The van der Waals surface area contributed by atoms with Gasteiger partial charge in [-0.05, 0) is 50.3 Å². The highest BCUT2D eigenvalue weighted by Gasteiger charge is 2.39. The molecule has 0 bridgehead atoms. The van der Waals surface area contributed by atoms with E-state index < -0.39 is 10.0 Å². The van der Waals surface area contributed by atoms with Gasteiger partial charge in [0.2, 0.25) is 10.0 Å². The second-order valence-corrected chi connectivity index (χ2v) is 11.4. The second kappa shape index (κ2) is 10.2. The van der Waals surface area contributed by atoms with Crippen molar-refractivity contribution in [2.45, 2.75) is 68.7 Å². The van der Waals surface area contributed by atoms with E-state index in [1.807, 2.05) is 0 Å². The Labute approximate surface area is 192 Å². The zero-order chi connectivity index (χ0) is 22.6. The zero-order valence-electron chi connectivity index (χ0n) is 19.3. The predicted molar refractivity (Wildman–Crippen MR) is 124 cm³/mol. The maximum atomic E-state index is 13.2. The molecule has 7 nitrogen and oxygen atoms in total. The van der Waals surface area contributed by atoms with Gasteiger partial charge in [-0.1, -0.05) is 31.7 Å². The van der Waals surface area contributed by atoms with Crippen LogP contribution in [0.2, 0.25) is 0 Å². The number of sulfonamides is 1. The van der Waals surface area contributed by atoms with E-state index >= 15 is 0 Å². The summed E-state index contributed by atoms with van der Waals surface area (Å²) in [5.41, 5.74) is 1.08. The van der Waals surface area contributed by atoms with Gasteiger partial charge < -0.3 is 10.1 Å². The Bertz CT molecular complexity index is 900. The predicted octanol–water partition coefficient (Wildman–Crippen LogP) is 2.93. The molecule has 0 radical (unpaired) electrons. The number of carbonyl (C=O) groups excluding carboxylic acids is 1. The number of amides is 1. The summed E-state index contributed by atoms with van der Waals surface area (Å²) in [6, 6.07) is 5.06. The topological polar surface area (TPSA) is 79.0 Å². The van der Waals surface area contributed by atoms with Crippen molar-refractivity contribution >= 4 is 15.9 Å². The minimum Gasteiger partial charge on any atom is -0.379 e. The minimum atomic E-state index is -3.58. The molecule has 2 saturated heterocycles. The van der Waals surface area contributed by atoms with Gasteiger partial charge in [-0.2, -0.15) is 4.31 Å². The fourth-order valence-corrected chi connectivity index (χ4v) is 7.23. The lowest BCUT2D eigenvalue weighted by Gasteiger charge is -2.48. The van der Waals surface area contributed by atoms with E-state index in [0.29, 0.717) is 30.8 Å². The van der Waals surface area contributed by atoms with Crippen molar-refractivity contribution in [2.24, 2.45) is 0 Å². The third-order valence-corrected chi connectivity index (χ3v) is 9.47. The van der Waals surface area contributed by atoms with E-state index in [1.165, 1.54) is 19.3 Å². The molecule has 32 heavy (non-hydrogen) atoms. The number of piperidine rings is 1. The molecule has 1 aromatic carbocycles. The molecule has 0 atom stereocenters. The first-order valence-electron chi connectivity index (χ1n) is 12.1. The van der Waals surface area contributed by atoms with Gasteiger partial charge in [0.25, 0.3) is 5.91 Å². The van der Waals surface area contributed by atoms with E-state index in [4.69, 9.17) is 4.74 Å². The first-order chi connectivity index (χ1) is 15.4. The Hall–Kier alpha value is -1.48. The highest BCUT2D eigenvalue weighted by molar-refractivity contribution is 7.89. The number of nitrogens with one attached hydrogen (secondary N) is 1. The monoisotopic (exact) mass is 463 g/mol. The summed E-state index contributed by atoms with van der Waals surface area (Å²) in [4.78, 5) is 15.9. The maximum absolute atomic E-state index is 13.2. The molecule has 0 unspecified atom stereocenters.